The molecule has 3 aromatic carbocycles. The quantitative estimate of drug-likeness (QED) is 0.407. The number of rotatable bonds is 9. The molecule has 1 fully saturated rings. The average Bonchev–Trinajstić information content (AvgIpc) is 3.43. The first-order valence-electron chi connectivity index (χ1n) is 13.8. The molecule has 40 heavy (non-hydrogen) atoms. The Hall–Kier alpha value is -3.91. The Labute approximate surface area is 234 Å². The van der Waals surface area contributed by atoms with E-state index in [0.29, 0.717) is 43.1 Å². The SMILES string of the molecule is COc1ccc(CN2C[C@@H](C(=O)NCc3cccc(F)c3)C[C@@H](C(=O)Nc3ccc4c(c3)CCC4)C2)cc1OC. The number of methoxy groups -OCH3 is 2. The molecule has 7 nitrogen and oxygen atoms in total. The van der Waals surface area contributed by atoms with Gasteiger partial charge in [0.15, 0.2) is 11.5 Å². The lowest BCUT2D eigenvalue weighted by molar-refractivity contribution is -0.130. The summed E-state index contributed by atoms with van der Waals surface area (Å²) in [7, 11) is 3.19. The van der Waals surface area contributed by atoms with Crippen LogP contribution >= 0.6 is 0 Å². The fourth-order valence-electron chi connectivity index (χ4n) is 5.81. The number of fused-ring (bicyclic) bond motifs is 1. The number of amides is 2. The largest absolute Gasteiger partial charge is 0.493 e. The third-order valence-corrected chi connectivity index (χ3v) is 7.84. The molecule has 1 saturated heterocycles. The number of piperidine rings is 1. The van der Waals surface area contributed by atoms with E-state index in [4.69, 9.17) is 9.47 Å². The van der Waals surface area contributed by atoms with E-state index >= 15 is 0 Å². The number of likely N-dealkylation sites (tertiary alicyclic amines) is 1. The van der Waals surface area contributed by atoms with Gasteiger partial charge in [0.2, 0.25) is 11.8 Å². The van der Waals surface area contributed by atoms with Crippen LogP contribution in [0.1, 0.15) is 35.1 Å². The average molecular weight is 546 g/mol. The highest BCUT2D eigenvalue weighted by molar-refractivity contribution is 5.93. The Morgan fingerprint density at radius 3 is 2.42 bits per heavy atom. The lowest BCUT2D eigenvalue weighted by atomic mass is 9.87. The molecule has 0 radical (unpaired) electrons. The zero-order valence-electron chi connectivity index (χ0n) is 23.0. The van der Waals surface area contributed by atoms with Crippen LogP contribution in [0.5, 0.6) is 11.5 Å². The van der Waals surface area contributed by atoms with Crippen molar-refractivity contribution in [3.8, 4) is 11.5 Å². The molecule has 2 N–H and O–H groups in total. The third-order valence-electron chi connectivity index (χ3n) is 7.84. The van der Waals surface area contributed by atoms with Gasteiger partial charge >= 0.3 is 0 Å². The summed E-state index contributed by atoms with van der Waals surface area (Å²) >= 11 is 0. The van der Waals surface area contributed by atoms with Crippen molar-refractivity contribution in [3.63, 3.8) is 0 Å². The Kier molecular flexibility index (Phi) is 8.65. The number of hydrogen-bond acceptors (Lipinski definition) is 5. The summed E-state index contributed by atoms with van der Waals surface area (Å²) in [5.74, 6) is -0.0491. The molecule has 0 saturated carbocycles. The lowest BCUT2D eigenvalue weighted by Gasteiger charge is -2.36. The van der Waals surface area contributed by atoms with Gasteiger partial charge in [0.1, 0.15) is 5.82 Å². The number of carbonyl (C=O) groups excluding carboxylic acids is 2. The van der Waals surface area contributed by atoms with Crippen molar-refractivity contribution >= 4 is 17.5 Å². The molecule has 0 spiro atoms. The molecule has 5 rings (SSSR count). The topological polar surface area (TPSA) is 79.9 Å². The maximum atomic E-state index is 13.6. The van der Waals surface area contributed by atoms with Gasteiger partial charge in [-0.2, -0.15) is 0 Å². The summed E-state index contributed by atoms with van der Waals surface area (Å²) < 4.78 is 24.4. The summed E-state index contributed by atoms with van der Waals surface area (Å²) in [6.07, 6.45) is 3.71. The van der Waals surface area contributed by atoms with Crippen LogP contribution in [0.4, 0.5) is 10.1 Å². The van der Waals surface area contributed by atoms with Crippen LogP contribution in [0.3, 0.4) is 0 Å². The van der Waals surface area contributed by atoms with Crippen molar-refractivity contribution in [1.82, 2.24) is 10.2 Å². The number of nitrogens with one attached hydrogen (secondary N) is 2. The highest BCUT2D eigenvalue weighted by Crippen LogP contribution is 2.31. The minimum atomic E-state index is -0.391. The molecule has 0 unspecified atom stereocenters. The normalized spacial score (nSPS) is 18.6. The molecule has 3 aromatic rings. The van der Waals surface area contributed by atoms with Gasteiger partial charge in [0.05, 0.1) is 26.1 Å². The van der Waals surface area contributed by atoms with Crippen LogP contribution in [0, 0.1) is 17.7 Å². The minimum absolute atomic E-state index is 0.0853. The number of anilines is 1. The Morgan fingerprint density at radius 1 is 0.875 bits per heavy atom. The molecule has 210 valence electrons. The summed E-state index contributed by atoms with van der Waals surface area (Å²) in [6, 6.07) is 18.1. The molecular formula is C32H36FN3O4. The Balaban J connectivity index is 1.31. The number of aryl methyl sites for hydroxylation is 2. The summed E-state index contributed by atoms with van der Waals surface area (Å²) in [5, 5.41) is 6.06. The fourth-order valence-corrected chi connectivity index (χ4v) is 5.81. The predicted octanol–water partition coefficient (Wildman–Crippen LogP) is 4.72. The zero-order chi connectivity index (χ0) is 28.1. The number of benzene rings is 3. The number of hydrogen-bond donors (Lipinski definition) is 2. The standard InChI is InChI=1S/C32H36FN3O4/c1-39-29-12-9-22(14-30(29)40-2)18-36-19-25(31(37)34-17-21-5-3-8-27(33)13-21)15-26(20-36)32(38)35-28-11-10-23-6-4-7-24(23)16-28/h3,5,8-14,16,25-26H,4,6-7,15,17-20H2,1-2H3,(H,34,37)(H,35,38)/t25-,26+/m0/s1. The summed E-state index contributed by atoms with van der Waals surface area (Å²) in [5.41, 5.74) is 5.14. The van der Waals surface area contributed by atoms with Gasteiger partial charge in [-0.05, 0) is 84.3 Å². The van der Waals surface area contributed by atoms with E-state index in [1.165, 1.54) is 23.3 Å². The highest BCUT2D eigenvalue weighted by Gasteiger charge is 2.35. The maximum absolute atomic E-state index is 13.6. The molecule has 2 atom stereocenters. The summed E-state index contributed by atoms with van der Waals surface area (Å²) in [4.78, 5) is 28.9. The van der Waals surface area contributed by atoms with Crippen LogP contribution in [0.2, 0.25) is 0 Å². The Bertz CT molecular complexity index is 1380. The number of carbonyl (C=O) groups is 2. The first kappa shape index (κ1) is 27.6. The van der Waals surface area contributed by atoms with Crippen LogP contribution in [0.15, 0.2) is 60.7 Å². The van der Waals surface area contributed by atoms with E-state index in [-0.39, 0.29) is 30.1 Å². The number of nitrogens with zero attached hydrogens (tertiary/aromatic N) is 1. The van der Waals surface area contributed by atoms with Gasteiger partial charge in [-0.25, -0.2) is 4.39 Å². The van der Waals surface area contributed by atoms with Gasteiger partial charge < -0.3 is 20.1 Å². The van der Waals surface area contributed by atoms with Gasteiger partial charge in [-0.3, -0.25) is 14.5 Å². The van der Waals surface area contributed by atoms with Crippen molar-refractivity contribution in [2.75, 3.05) is 32.6 Å². The van der Waals surface area contributed by atoms with Gasteiger partial charge in [-0.1, -0.05) is 24.3 Å². The first-order chi connectivity index (χ1) is 19.4. The molecule has 2 aliphatic rings. The van der Waals surface area contributed by atoms with Crippen molar-refractivity contribution in [1.29, 1.82) is 0 Å². The van der Waals surface area contributed by atoms with Crippen molar-refractivity contribution in [3.05, 3.63) is 88.7 Å². The van der Waals surface area contributed by atoms with Gasteiger partial charge in [-0.15, -0.1) is 0 Å². The van der Waals surface area contributed by atoms with Crippen LogP contribution < -0.4 is 20.1 Å². The van der Waals surface area contributed by atoms with Crippen LogP contribution in [0.25, 0.3) is 0 Å². The molecule has 1 aliphatic heterocycles. The number of halogens is 1. The third kappa shape index (κ3) is 6.62. The second kappa shape index (κ2) is 12.5. The summed E-state index contributed by atoms with van der Waals surface area (Å²) in [6.45, 7) is 1.82. The predicted molar refractivity (Wildman–Crippen MR) is 152 cm³/mol. The first-order valence-corrected chi connectivity index (χ1v) is 13.8. The van der Waals surface area contributed by atoms with Gasteiger partial charge in [0.25, 0.3) is 0 Å². The van der Waals surface area contributed by atoms with E-state index in [9.17, 15) is 14.0 Å². The molecule has 0 bridgehead atoms. The molecule has 0 aromatic heterocycles. The molecule has 2 amide bonds. The number of ether oxygens (including phenoxy) is 2. The lowest BCUT2D eigenvalue weighted by Crippen LogP contribution is -2.48. The van der Waals surface area contributed by atoms with Crippen LogP contribution in [-0.4, -0.2) is 44.0 Å². The zero-order valence-corrected chi connectivity index (χ0v) is 23.0. The highest BCUT2D eigenvalue weighted by atomic mass is 19.1. The van der Waals surface area contributed by atoms with E-state index < -0.39 is 5.92 Å². The smallest absolute Gasteiger partial charge is 0.228 e. The minimum Gasteiger partial charge on any atom is -0.493 e. The molecule has 1 heterocycles. The van der Waals surface area contributed by atoms with E-state index in [1.807, 2.05) is 24.3 Å². The van der Waals surface area contributed by atoms with Crippen LogP contribution in [-0.2, 0) is 35.5 Å². The monoisotopic (exact) mass is 545 g/mol. The molecule has 1 aliphatic carbocycles. The molecule has 8 heteroatoms. The Morgan fingerprint density at radius 2 is 1.65 bits per heavy atom. The van der Waals surface area contributed by atoms with Crippen molar-refractivity contribution in [2.45, 2.75) is 38.8 Å². The maximum Gasteiger partial charge on any atom is 0.228 e. The van der Waals surface area contributed by atoms with E-state index in [0.717, 1.165) is 30.5 Å². The molecular weight excluding hydrogens is 509 g/mol. The second-order valence-electron chi connectivity index (χ2n) is 10.7. The van der Waals surface area contributed by atoms with E-state index in [1.54, 1.807) is 26.4 Å². The van der Waals surface area contributed by atoms with Crippen molar-refractivity contribution < 1.29 is 23.5 Å². The second-order valence-corrected chi connectivity index (χ2v) is 10.7. The fraction of sp³-hybridized carbons (Fsp3) is 0.375. The van der Waals surface area contributed by atoms with Crippen molar-refractivity contribution in [2.24, 2.45) is 11.8 Å². The van der Waals surface area contributed by atoms with Gasteiger partial charge in [0, 0.05) is 31.9 Å². The van der Waals surface area contributed by atoms with E-state index in [2.05, 4.69) is 27.7 Å².